The largest absolute Gasteiger partial charge is 0.338 e. The molecule has 154 valence electrons. The van der Waals surface area contributed by atoms with Gasteiger partial charge in [0.1, 0.15) is 6.29 Å². The number of hydrogen-bond acceptors (Lipinski definition) is 3. The van der Waals surface area contributed by atoms with E-state index < -0.39 is 0 Å². The van der Waals surface area contributed by atoms with E-state index in [-0.39, 0.29) is 12.1 Å². The lowest BCUT2D eigenvalue weighted by Gasteiger charge is -2.20. The first-order chi connectivity index (χ1) is 14.0. The Bertz CT molecular complexity index is 804. The summed E-state index contributed by atoms with van der Waals surface area (Å²) in [6, 6.07) is 14.9. The monoisotopic (exact) mass is 396 g/mol. The molecule has 0 bridgehead atoms. The zero-order chi connectivity index (χ0) is 21.1. The van der Waals surface area contributed by atoms with Crippen LogP contribution in [0.2, 0.25) is 0 Å². The molecular weight excluding hydrogens is 368 g/mol. The number of carbonyl (C=O) groups is 3. The third-order valence-corrected chi connectivity index (χ3v) is 4.35. The lowest BCUT2D eigenvalue weighted by Crippen LogP contribution is -2.35. The summed E-state index contributed by atoms with van der Waals surface area (Å²) in [5.74, 6) is 0. The Morgan fingerprint density at radius 3 is 1.93 bits per heavy atom. The third kappa shape index (κ3) is 7.29. The van der Waals surface area contributed by atoms with Gasteiger partial charge in [0.05, 0.1) is 0 Å². The minimum absolute atomic E-state index is 0.211. The molecule has 7 nitrogen and oxygen atoms in total. The summed E-state index contributed by atoms with van der Waals surface area (Å²) in [6.45, 7) is 5.28. The second-order valence-corrected chi connectivity index (χ2v) is 6.52. The normalized spacial score (nSPS) is 10.1. The van der Waals surface area contributed by atoms with E-state index in [0.29, 0.717) is 31.7 Å². The van der Waals surface area contributed by atoms with Crippen LogP contribution in [0.15, 0.2) is 48.5 Å². The van der Waals surface area contributed by atoms with Crippen LogP contribution in [0, 0.1) is 0 Å². The highest BCUT2D eigenvalue weighted by molar-refractivity contribution is 5.89. The molecule has 29 heavy (non-hydrogen) atoms. The second kappa shape index (κ2) is 11.5. The minimum atomic E-state index is -0.217. The van der Waals surface area contributed by atoms with Gasteiger partial charge in [-0.1, -0.05) is 24.3 Å². The highest BCUT2D eigenvalue weighted by atomic mass is 16.2. The number of amides is 4. The van der Waals surface area contributed by atoms with Crippen molar-refractivity contribution in [3.63, 3.8) is 0 Å². The van der Waals surface area contributed by atoms with E-state index >= 15 is 0 Å². The molecular formula is C22H28N4O3. The Kier molecular flexibility index (Phi) is 8.69. The van der Waals surface area contributed by atoms with Crippen LogP contribution in [0.3, 0.4) is 0 Å². The van der Waals surface area contributed by atoms with Gasteiger partial charge in [-0.3, -0.25) is 0 Å². The maximum absolute atomic E-state index is 12.2. The Morgan fingerprint density at radius 1 is 0.897 bits per heavy atom. The van der Waals surface area contributed by atoms with E-state index in [0.717, 1.165) is 29.5 Å². The molecule has 3 N–H and O–H groups in total. The van der Waals surface area contributed by atoms with E-state index in [1.807, 2.05) is 62.4 Å². The topological polar surface area (TPSA) is 90.5 Å². The number of anilines is 2. The SMILES string of the molecule is CCNC(=O)Nc1ccc(Cc2ccc(NC(=O)N(CC)CCC=O)cc2)cc1. The van der Waals surface area contributed by atoms with Gasteiger partial charge < -0.3 is 25.6 Å². The van der Waals surface area contributed by atoms with Crippen molar-refractivity contribution in [2.45, 2.75) is 26.7 Å². The molecule has 2 aromatic rings. The fourth-order valence-electron chi connectivity index (χ4n) is 2.80. The van der Waals surface area contributed by atoms with Crippen LogP contribution in [0.1, 0.15) is 31.4 Å². The minimum Gasteiger partial charge on any atom is -0.338 e. The first-order valence-corrected chi connectivity index (χ1v) is 9.78. The number of rotatable bonds is 9. The summed E-state index contributed by atoms with van der Waals surface area (Å²) >= 11 is 0. The van der Waals surface area contributed by atoms with Crippen molar-refractivity contribution in [2.24, 2.45) is 0 Å². The number of hydrogen-bond donors (Lipinski definition) is 3. The van der Waals surface area contributed by atoms with Crippen molar-refractivity contribution in [1.29, 1.82) is 0 Å². The van der Waals surface area contributed by atoms with Gasteiger partial charge in [-0.2, -0.15) is 0 Å². The summed E-state index contributed by atoms with van der Waals surface area (Å²) in [6.07, 6.45) is 1.89. The van der Waals surface area contributed by atoms with Crippen molar-refractivity contribution in [1.82, 2.24) is 10.2 Å². The molecule has 0 saturated carbocycles. The van der Waals surface area contributed by atoms with Crippen LogP contribution >= 0.6 is 0 Å². The Balaban J connectivity index is 1.90. The maximum Gasteiger partial charge on any atom is 0.321 e. The number of nitrogens with zero attached hydrogens (tertiary/aromatic N) is 1. The molecule has 0 spiro atoms. The molecule has 0 atom stereocenters. The Morgan fingerprint density at radius 2 is 1.45 bits per heavy atom. The summed E-state index contributed by atoms with van der Waals surface area (Å²) < 4.78 is 0. The van der Waals surface area contributed by atoms with Gasteiger partial charge in [-0.05, 0) is 55.7 Å². The number of carbonyl (C=O) groups excluding carboxylic acids is 3. The lowest BCUT2D eigenvalue weighted by molar-refractivity contribution is -0.108. The summed E-state index contributed by atoms with van der Waals surface area (Å²) in [5.41, 5.74) is 3.69. The molecule has 0 aromatic heterocycles. The first kappa shape index (κ1) is 21.9. The molecule has 2 aromatic carbocycles. The van der Waals surface area contributed by atoms with Crippen molar-refractivity contribution >= 4 is 29.7 Å². The summed E-state index contributed by atoms with van der Waals surface area (Å²) in [4.78, 5) is 35.9. The van der Waals surface area contributed by atoms with Crippen molar-refractivity contribution < 1.29 is 14.4 Å². The van der Waals surface area contributed by atoms with Gasteiger partial charge in [-0.15, -0.1) is 0 Å². The molecule has 0 aliphatic carbocycles. The van der Waals surface area contributed by atoms with Crippen LogP contribution in [0.25, 0.3) is 0 Å². The fraction of sp³-hybridized carbons (Fsp3) is 0.318. The number of nitrogens with one attached hydrogen (secondary N) is 3. The molecule has 0 aliphatic rings. The van der Waals surface area contributed by atoms with Crippen LogP contribution < -0.4 is 16.0 Å². The molecule has 7 heteroatoms. The highest BCUT2D eigenvalue weighted by Crippen LogP contribution is 2.16. The molecule has 0 saturated heterocycles. The molecule has 4 amide bonds. The van der Waals surface area contributed by atoms with Crippen molar-refractivity contribution in [2.75, 3.05) is 30.3 Å². The molecule has 0 unspecified atom stereocenters. The standard InChI is InChI=1S/C22H28N4O3/c1-3-23-21(28)24-19-10-6-17(7-11-19)16-18-8-12-20(13-9-18)25-22(29)26(4-2)14-5-15-27/h6-13,15H,3-5,14,16H2,1-2H3,(H,25,29)(H2,23,24,28). The fourth-order valence-corrected chi connectivity index (χ4v) is 2.80. The lowest BCUT2D eigenvalue weighted by atomic mass is 10.0. The van der Waals surface area contributed by atoms with Gasteiger partial charge in [0.25, 0.3) is 0 Å². The summed E-state index contributed by atoms with van der Waals surface area (Å²) in [5, 5.41) is 8.32. The van der Waals surface area contributed by atoms with Crippen LogP contribution in [0.5, 0.6) is 0 Å². The quantitative estimate of drug-likeness (QED) is 0.562. The molecule has 0 fully saturated rings. The Hall–Kier alpha value is -3.35. The van der Waals surface area contributed by atoms with Gasteiger partial charge in [0.2, 0.25) is 0 Å². The van der Waals surface area contributed by atoms with E-state index in [1.165, 1.54) is 0 Å². The zero-order valence-electron chi connectivity index (χ0n) is 16.9. The second-order valence-electron chi connectivity index (χ2n) is 6.52. The molecule has 0 aliphatic heterocycles. The van der Waals surface area contributed by atoms with E-state index in [4.69, 9.17) is 0 Å². The van der Waals surface area contributed by atoms with Gasteiger partial charge >= 0.3 is 12.1 Å². The third-order valence-electron chi connectivity index (χ3n) is 4.35. The smallest absolute Gasteiger partial charge is 0.321 e. The molecule has 0 heterocycles. The maximum atomic E-state index is 12.2. The summed E-state index contributed by atoms with van der Waals surface area (Å²) in [7, 11) is 0. The predicted octanol–water partition coefficient (Wildman–Crippen LogP) is 3.86. The number of urea groups is 2. The molecule has 0 radical (unpaired) electrons. The molecule has 2 rings (SSSR count). The van der Waals surface area contributed by atoms with Gasteiger partial charge in [0, 0.05) is 37.4 Å². The predicted molar refractivity (Wildman–Crippen MR) is 115 cm³/mol. The first-order valence-electron chi connectivity index (χ1n) is 9.78. The highest BCUT2D eigenvalue weighted by Gasteiger charge is 2.11. The average Bonchev–Trinajstić information content (AvgIpc) is 2.71. The Labute approximate surface area is 171 Å². The van der Waals surface area contributed by atoms with Gasteiger partial charge in [0.15, 0.2) is 0 Å². The van der Waals surface area contributed by atoms with Crippen LogP contribution in [-0.4, -0.2) is 42.9 Å². The average molecular weight is 396 g/mol. The van der Waals surface area contributed by atoms with Crippen LogP contribution in [0.4, 0.5) is 21.0 Å². The van der Waals surface area contributed by atoms with E-state index in [1.54, 1.807) is 4.90 Å². The number of benzene rings is 2. The van der Waals surface area contributed by atoms with E-state index in [9.17, 15) is 14.4 Å². The van der Waals surface area contributed by atoms with Crippen LogP contribution in [-0.2, 0) is 11.2 Å². The zero-order valence-corrected chi connectivity index (χ0v) is 16.9. The van der Waals surface area contributed by atoms with Crippen molar-refractivity contribution in [3.05, 3.63) is 59.7 Å². The van der Waals surface area contributed by atoms with Gasteiger partial charge in [-0.25, -0.2) is 9.59 Å². The van der Waals surface area contributed by atoms with Crippen molar-refractivity contribution in [3.8, 4) is 0 Å². The van der Waals surface area contributed by atoms with E-state index in [2.05, 4.69) is 16.0 Å². The number of aldehydes is 1.